The second-order valence-electron chi connectivity index (χ2n) is 7.14. The van der Waals surface area contributed by atoms with E-state index < -0.39 is 10.0 Å². The van der Waals surface area contributed by atoms with Gasteiger partial charge in [0.05, 0.1) is 11.4 Å². The van der Waals surface area contributed by atoms with Gasteiger partial charge < -0.3 is 0 Å². The van der Waals surface area contributed by atoms with Crippen molar-refractivity contribution in [2.24, 2.45) is 5.92 Å². The Morgan fingerprint density at radius 2 is 1.96 bits per heavy atom. The summed E-state index contributed by atoms with van der Waals surface area (Å²) in [6.07, 6.45) is 3.85. The summed E-state index contributed by atoms with van der Waals surface area (Å²) in [5.74, 6) is 0.454. The summed E-state index contributed by atoms with van der Waals surface area (Å²) in [4.78, 5) is 6.76. The maximum absolute atomic E-state index is 12.3. The van der Waals surface area contributed by atoms with Crippen LogP contribution in [0.2, 0.25) is 0 Å². The van der Waals surface area contributed by atoms with Crippen LogP contribution in [0.15, 0.2) is 48.7 Å². The first kappa shape index (κ1) is 19.0. The van der Waals surface area contributed by atoms with Crippen molar-refractivity contribution in [3.8, 4) is 0 Å². The number of hydrogen-bond acceptors (Lipinski definition) is 4. The van der Waals surface area contributed by atoms with Crippen molar-refractivity contribution >= 4 is 10.0 Å². The third kappa shape index (κ3) is 5.90. The first-order chi connectivity index (χ1) is 12.5. The third-order valence-electron chi connectivity index (χ3n) is 4.85. The normalized spacial score (nSPS) is 16.7. The van der Waals surface area contributed by atoms with E-state index >= 15 is 0 Å². The molecule has 0 atom stereocenters. The lowest BCUT2D eigenvalue weighted by Crippen LogP contribution is -2.38. The van der Waals surface area contributed by atoms with Crippen LogP contribution in [-0.2, 0) is 22.3 Å². The van der Waals surface area contributed by atoms with E-state index in [0.717, 1.165) is 49.3 Å². The Morgan fingerprint density at radius 3 is 2.65 bits per heavy atom. The van der Waals surface area contributed by atoms with Gasteiger partial charge in [0, 0.05) is 19.3 Å². The Morgan fingerprint density at radius 1 is 1.15 bits per heavy atom. The van der Waals surface area contributed by atoms with Crippen molar-refractivity contribution in [2.45, 2.75) is 32.1 Å². The number of likely N-dealkylation sites (tertiary alicyclic amines) is 1. The highest BCUT2D eigenvalue weighted by molar-refractivity contribution is 7.88. The number of benzene rings is 1. The van der Waals surface area contributed by atoms with E-state index in [4.69, 9.17) is 0 Å². The van der Waals surface area contributed by atoms with E-state index in [1.807, 2.05) is 55.6 Å². The molecule has 140 valence electrons. The Hall–Kier alpha value is -1.76. The van der Waals surface area contributed by atoms with E-state index in [2.05, 4.69) is 14.6 Å². The van der Waals surface area contributed by atoms with Gasteiger partial charge in [-0.3, -0.25) is 9.88 Å². The van der Waals surface area contributed by atoms with Crippen molar-refractivity contribution < 1.29 is 8.42 Å². The summed E-state index contributed by atoms with van der Waals surface area (Å²) < 4.78 is 27.5. The van der Waals surface area contributed by atoms with Gasteiger partial charge in [0.2, 0.25) is 10.0 Å². The fourth-order valence-corrected chi connectivity index (χ4v) is 4.60. The molecule has 0 radical (unpaired) electrons. The van der Waals surface area contributed by atoms with Gasteiger partial charge in [0.25, 0.3) is 0 Å². The number of aromatic nitrogens is 1. The zero-order valence-electron chi connectivity index (χ0n) is 15.3. The topological polar surface area (TPSA) is 62.3 Å². The first-order valence-corrected chi connectivity index (χ1v) is 10.8. The zero-order chi connectivity index (χ0) is 18.4. The molecule has 2 heterocycles. The first-order valence-electron chi connectivity index (χ1n) is 9.15. The molecule has 2 aromatic rings. The molecule has 1 aromatic carbocycles. The highest BCUT2D eigenvalue weighted by Gasteiger charge is 2.21. The molecule has 26 heavy (non-hydrogen) atoms. The summed E-state index contributed by atoms with van der Waals surface area (Å²) in [7, 11) is -3.29. The summed E-state index contributed by atoms with van der Waals surface area (Å²) in [5, 5.41) is 0. The van der Waals surface area contributed by atoms with Crippen molar-refractivity contribution in [2.75, 3.05) is 19.6 Å². The molecule has 3 rings (SSSR count). The van der Waals surface area contributed by atoms with Crippen LogP contribution in [0.3, 0.4) is 0 Å². The monoisotopic (exact) mass is 373 g/mol. The Kier molecular flexibility index (Phi) is 6.40. The molecule has 0 saturated carbocycles. The number of sulfonamides is 1. The lowest BCUT2D eigenvalue weighted by Gasteiger charge is -2.31. The summed E-state index contributed by atoms with van der Waals surface area (Å²) in [6.45, 7) is 5.35. The van der Waals surface area contributed by atoms with Gasteiger partial charge in [0.1, 0.15) is 0 Å². The van der Waals surface area contributed by atoms with Crippen LogP contribution in [-0.4, -0.2) is 37.9 Å². The number of nitrogens with one attached hydrogen (secondary N) is 1. The van der Waals surface area contributed by atoms with Crippen molar-refractivity contribution in [1.29, 1.82) is 0 Å². The molecular weight excluding hydrogens is 346 g/mol. The van der Waals surface area contributed by atoms with Gasteiger partial charge in [-0.1, -0.05) is 35.9 Å². The number of nitrogens with zero attached hydrogens (tertiary/aromatic N) is 2. The molecule has 1 aromatic heterocycles. The number of piperidine rings is 1. The quantitative estimate of drug-likeness (QED) is 0.811. The van der Waals surface area contributed by atoms with Gasteiger partial charge in [0.15, 0.2) is 0 Å². The standard InChI is InChI=1S/C20H27N3O2S/c1-17-5-4-6-19(13-17)16-26(24,25)22-14-18-8-11-23(12-9-18)15-20-7-2-3-10-21-20/h2-7,10,13,18,22H,8-9,11-12,14-16H2,1H3. The van der Waals surface area contributed by atoms with E-state index in [0.29, 0.717) is 12.5 Å². The molecule has 0 unspecified atom stereocenters. The fraction of sp³-hybridized carbons (Fsp3) is 0.450. The van der Waals surface area contributed by atoms with Gasteiger partial charge in [-0.05, 0) is 56.5 Å². The van der Waals surface area contributed by atoms with Crippen molar-refractivity contribution in [3.05, 3.63) is 65.5 Å². The van der Waals surface area contributed by atoms with Crippen LogP contribution >= 0.6 is 0 Å². The van der Waals surface area contributed by atoms with E-state index in [1.165, 1.54) is 0 Å². The van der Waals surface area contributed by atoms with Gasteiger partial charge in [-0.25, -0.2) is 13.1 Å². The average molecular weight is 374 g/mol. The van der Waals surface area contributed by atoms with Crippen molar-refractivity contribution in [3.63, 3.8) is 0 Å². The van der Waals surface area contributed by atoms with E-state index in [-0.39, 0.29) is 5.75 Å². The van der Waals surface area contributed by atoms with Crippen LogP contribution in [0.4, 0.5) is 0 Å². The maximum atomic E-state index is 12.3. The minimum Gasteiger partial charge on any atom is -0.297 e. The second kappa shape index (κ2) is 8.75. The van der Waals surface area contributed by atoms with Gasteiger partial charge in [-0.15, -0.1) is 0 Å². The molecule has 1 aliphatic rings. The van der Waals surface area contributed by atoms with Crippen LogP contribution in [0.5, 0.6) is 0 Å². The zero-order valence-corrected chi connectivity index (χ0v) is 16.1. The molecule has 0 bridgehead atoms. The predicted octanol–water partition coefficient (Wildman–Crippen LogP) is 2.72. The van der Waals surface area contributed by atoms with Crippen LogP contribution in [0, 0.1) is 12.8 Å². The maximum Gasteiger partial charge on any atom is 0.215 e. The molecule has 1 fully saturated rings. The summed E-state index contributed by atoms with van der Waals surface area (Å²) in [6, 6.07) is 13.7. The fourth-order valence-electron chi connectivity index (χ4n) is 3.39. The molecule has 0 spiro atoms. The van der Waals surface area contributed by atoms with Crippen molar-refractivity contribution in [1.82, 2.24) is 14.6 Å². The SMILES string of the molecule is Cc1cccc(CS(=O)(=O)NCC2CCN(Cc3ccccn3)CC2)c1. The second-order valence-corrected chi connectivity index (χ2v) is 8.94. The molecule has 1 saturated heterocycles. The number of rotatable bonds is 7. The molecular formula is C20H27N3O2S. The minimum absolute atomic E-state index is 0.0488. The molecule has 5 nitrogen and oxygen atoms in total. The minimum atomic E-state index is -3.29. The van der Waals surface area contributed by atoms with Gasteiger partial charge in [-0.2, -0.15) is 0 Å². The summed E-state index contributed by atoms with van der Waals surface area (Å²) >= 11 is 0. The lowest BCUT2D eigenvalue weighted by atomic mass is 9.97. The Balaban J connectivity index is 1.43. The highest BCUT2D eigenvalue weighted by Crippen LogP contribution is 2.18. The van der Waals surface area contributed by atoms with Gasteiger partial charge >= 0.3 is 0 Å². The smallest absolute Gasteiger partial charge is 0.215 e. The predicted molar refractivity (Wildman–Crippen MR) is 104 cm³/mol. The van der Waals surface area contributed by atoms with Crippen LogP contribution < -0.4 is 4.72 Å². The molecule has 0 aliphatic carbocycles. The molecule has 0 amide bonds. The number of aryl methyl sites for hydroxylation is 1. The lowest BCUT2D eigenvalue weighted by molar-refractivity contribution is 0.177. The Bertz CT molecular complexity index is 801. The third-order valence-corrected chi connectivity index (χ3v) is 6.17. The number of hydrogen-bond donors (Lipinski definition) is 1. The average Bonchev–Trinajstić information content (AvgIpc) is 2.62. The largest absolute Gasteiger partial charge is 0.297 e. The number of pyridine rings is 1. The summed E-state index contributed by atoms with van der Waals surface area (Å²) in [5.41, 5.74) is 3.01. The van der Waals surface area contributed by atoms with E-state index in [9.17, 15) is 8.42 Å². The molecule has 1 aliphatic heterocycles. The highest BCUT2D eigenvalue weighted by atomic mass is 32.2. The molecule has 6 heteroatoms. The Labute approximate surface area is 156 Å². The van der Waals surface area contributed by atoms with Crippen LogP contribution in [0.25, 0.3) is 0 Å². The van der Waals surface area contributed by atoms with E-state index in [1.54, 1.807) is 0 Å². The van der Waals surface area contributed by atoms with Crippen LogP contribution in [0.1, 0.15) is 29.7 Å². The molecule has 1 N–H and O–H groups in total.